The third-order valence-corrected chi connectivity index (χ3v) is 4.08. The molecule has 0 spiro atoms. The van der Waals surface area contributed by atoms with Crippen molar-refractivity contribution in [2.45, 2.75) is 32.7 Å². The molecule has 124 valence electrons. The molecule has 2 rings (SSSR count). The van der Waals surface area contributed by atoms with E-state index in [-0.39, 0.29) is 0 Å². The van der Waals surface area contributed by atoms with Crippen molar-refractivity contribution in [3.8, 4) is 0 Å². The minimum atomic E-state index is 0.603. The van der Waals surface area contributed by atoms with Crippen LogP contribution in [-0.2, 0) is 13.6 Å². The average Bonchev–Trinajstić information content (AvgIpc) is 2.94. The zero-order valence-electron chi connectivity index (χ0n) is 14.0. The van der Waals surface area contributed by atoms with Crippen LogP contribution in [0.2, 0.25) is 0 Å². The van der Waals surface area contributed by atoms with Crippen LogP contribution in [-0.4, -0.2) is 58.9 Å². The zero-order valence-corrected chi connectivity index (χ0v) is 14.0. The van der Waals surface area contributed by atoms with E-state index in [4.69, 9.17) is 0 Å². The number of likely N-dealkylation sites (tertiary alicyclic amines) is 1. The van der Waals surface area contributed by atoms with E-state index in [2.05, 4.69) is 37.5 Å². The fraction of sp³-hybridized carbons (Fsp3) is 0.800. The van der Waals surface area contributed by atoms with Gasteiger partial charge in [-0.1, -0.05) is 13.3 Å². The Morgan fingerprint density at radius 1 is 1.32 bits per heavy atom. The molecule has 0 aromatic carbocycles. The maximum Gasteiger partial charge on any atom is 0.191 e. The molecule has 1 saturated heterocycles. The van der Waals surface area contributed by atoms with Gasteiger partial charge in [-0.2, -0.15) is 5.10 Å². The topological polar surface area (TPSA) is 70.4 Å². The van der Waals surface area contributed by atoms with Crippen LogP contribution in [0.25, 0.3) is 0 Å². The quantitative estimate of drug-likeness (QED) is 0.595. The number of hydrogen-bond acceptors (Lipinski definition) is 4. The third-order valence-electron chi connectivity index (χ3n) is 4.08. The minimum Gasteiger partial charge on any atom is -0.356 e. The monoisotopic (exact) mass is 307 g/mol. The fourth-order valence-electron chi connectivity index (χ4n) is 2.78. The predicted octanol–water partition coefficient (Wildman–Crippen LogP) is 0.602. The Kier molecular flexibility index (Phi) is 6.64. The highest BCUT2D eigenvalue weighted by molar-refractivity contribution is 5.79. The van der Waals surface area contributed by atoms with Crippen LogP contribution in [0.15, 0.2) is 11.3 Å². The molecule has 0 aliphatic carbocycles. The molecule has 22 heavy (non-hydrogen) atoms. The Balaban J connectivity index is 1.68. The van der Waals surface area contributed by atoms with E-state index in [1.165, 1.54) is 32.4 Å². The van der Waals surface area contributed by atoms with Gasteiger partial charge in [-0.15, -0.1) is 0 Å². The molecule has 1 fully saturated rings. The van der Waals surface area contributed by atoms with Gasteiger partial charge >= 0.3 is 0 Å². The number of hydrogen-bond donors (Lipinski definition) is 2. The lowest BCUT2D eigenvalue weighted by Crippen LogP contribution is -2.42. The molecule has 2 heterocycles. The Hall–Kier alpha value is -1.63. The summed E-state index contributed by atoms with van der Waals surface area (Å²) < 4.78 is 1.76. The standard InChI is InChI=1S/C15H29N7/c1-13(11-22-7-5-4-6-8-22)9-17-15(16-2)18-10-14-19-12-20-21(14)3/h12-13H,4-11H2,1-3H3,(H2,16,17,18). The number of nitrogens with zero attached hydrogens (tertiary/aromatic N) is 5. The maximum absolute atomic E-state index is 4.26. The molecule has 2 N–H and O–H groups in total. The smallest absolute Gasteiger partial charge is 0.191 e. The minimum absolute atomic E-state index is 0.603. The van der Waals surface area contributed by atoms with E-state index in [0.717, 1.165) is 24.9 Å². The van der Waals surface area contributed by atoms with E-state index in [1.54, 1.807) is 18.1 Å². The molecular formula is C15H29N7. The molecule has 0 radical (unpaired) electrons. The van der Waals surface area contributed by atoms with Crippen molar-refractivity contribution < 1.29 is 0 Å². The van der Waals surface area contributed by atoms with Gasteiger partial charge in [0.1, 0.15) is 12.2 Å². The molecule has 1 aromatic rings. The molecule has 1 aliphatic heterocycles. The Morgan fingerprint density at radius 3 is 2.73 bits per heavy atom. The van der Waals surface area contributed by atoms with E-state index in [9.17, 15) is 0 Å². The van der Waals surface area contributed by atoms with E-state index in [1.807, 2.05) is 7.05 Å². The molecule has 1 aromatic heterocycles. The summed E-state index contributed by atoms with van der Waals surface area (Å²) in [6, 6.07) is 0. The second-order valence-corrected chi connectivity index (χ2v) is 6.07. The second-order valence-electron chi connectivity index (χ2n) is 6.07. The summed E-state index contributed by atoms with van der Waals surface area (Å²) in [5.41, 5.74) is 0. The molecule has 1 atom stereocenters. The van der Waals surface area contributed by atoms with E-state index < -0.39 is 0 Å². The normalized spacial score (nSPS) is 18.2. The first-order valence-corrected chi connectivity index (χ1v) is 8.18. The van der Waals surface area contributed by atoms with Gasteiger partial charge in [-0.25, -0.2) is 4.98 Å². The van der Waals surface area contributed by atoms with Crippen LogP contribution in [0.5, 0.6) is 0 Å². The lowest BCUT2D eigenvalue weighted by Gasteiger charge is -2.29. The van der Waals surface area contributed by atoms with Crippen LogP contribution in [0.3, 0.4) is 0 Å². The van der Waals surface area contributed by atoms with Crippen LogP contribution < -0.4 is 10.6 Å². The van der Waals surface area contributed by atoms with Gasteiger partial charge < -0.3 is 15.5 Å². The lowest BCUT2D eigenvalue weighted by atomic mass is 10.1. The largest absolute Gasteiger partial charge is 0.356 e. The fourth-order valence-corrected chi connectivity index (χ4v) is 2.78. The first kappa shape index (κ1) is 16.7. The zero-order chi connectivity index (χ0) is 15.8. The van der Waals surface area contributed by atoms with Crippen molar-refractivity contribution in [3.05, 3.63) is 12.2 Å². The predicted molar refractivity (Wildman–Crippen MR) is 88.7 cm³/mol. The first-order valence-electron chi connectivity index (χ1n) is 8.18. The summed E-state index contributed by atoms with van der Waals surface area (Å²) >= 11 is 0. The Bertz CT molecular complexity index is 462. The van der Waals surface area contributed by atoms with Crippen molar-refractivity contribution in [1.82, 2.24) is 30.3 Å². The number of guanidine groups is 1. The van der Waals surface area contributed by atoms with Crippen molar-refractivity contribution in [2.75, 3.05) is 33.2 Å². The maximum atomic E-state index is 4.26. The number of aryl methyl sites for hydroxylation is 1. The van der Waals surface area contributed by atoms with Gasteiger partial charge in [-0.3, -0.25) is 9.67 Å². The molecule has 0 bridgehead atoms. The first-order chi connectivity index (χ1) is 10.7. The van der Waals surface area contributed by atoms with Gasteiger partial charge in [-0.05, 0) is 31.8 Å². The Labute approximate surface area is 133 Å². The summed E-state index contributed by atoms with van der Waals surface area (Å²) in [6.45, 7) is 7.50. The molecule has 7 nitrogen and oxygen atoms in total. The van der Waals surface area contributed by atoms with Gasteiger partial charge in [0.05, 0.1) is 6.54 Å². The SMILES string of the molecule is CN=C(NCc1ncnn1C)NCC(C)CN1CCCCC1. The molecule has 0 amide bonds. The lowest BCUT2D eigenvalue weighted by molar-refractivity contribution is 0.201. The second kappa shape index (κ2) is 8.73. The molecule has 1 aliphatic rings. The van der Waals surface area contributed by atoms with Gasteiger partial charge in [0.2, 0.25) is 0 Å². The number of aliphatic imine (C=N–C) groups is 1. The molecule has 1 unspecified atom stereocenters. The van der Waals surface area contributed by atoms with Crippen LogP contribution >= 0.6 is 0 Å². The summed E-state index contributed by atoms with van der Waals surface area (Å²) in [6.07, 6.45) is 5.65. The van der Waals surface area contributed by atoms with Gasteiger partial charge in [0, 0.05) is 27.2 Å². The van der Waals surface area contributed by atoms with Gasteiger partial charge in [0.25, 0.3) is 0 Å². The highest BCUT2D eigenvalue weighted by Crippen LogP contribution is 2.10. The molecule has 0 saturated carbocycles. The number of piperidine rings is 1. The van der Waals surface area contributed by atoms with Crippen LogP contribution in [0.1, 0.15) is 32.0 Å². The highest BCUT2D eigenvalue weighted by atomic mass is 15.3. The number of aromatic nitrogens is 3. The summed E-state index contributed by atoms with van der Waals surface area (Å²) in [7, 11) is 3.68. The van der Waals surface area contributed by atoms with Crippen molar-refractivity contribution >= 4 is 5.96 Å². The van der Waals surface area contributed by atoms with E-state index >= 15 is 0 Å². The third kappa shape index (κ3) is 5.29. The van der Waals surface area contributed by atoms with Crippen molar-refractivity contribution in [3.63, 3.8) is 0 Å². The van der Waals surface area contributed by atoms with Crippen LogP contribution in [0, 0.1) is 5.92 Å². The molecule has 7 heteroatoms. The summed E-state index contributed by atoms with van der Waals surface area (Å²) in [4.78, 5) is 11.0. The highest BCUT2D eigenvalue weighted by Gasteiger charge is 2.13. The summed E-state index contributed by atoms with van der Waals surface area (Å²) in [5, 5.41) is 10.7. The van der Waals surface area contributed by atoms with Crippen LogP contribution in [0.4, 0.5) is 0 Å². The number of rotatable bonds is 6. The summed E-state index contributed by atoms with van der Waals surface area (Å²) in [5.74, 6) is 2.31. The Morgan fingerprint density at radius 2 is 2.09 bits per heavy atom. The number of nitrogens with one attached hydrogen (secondary N) is 2. The van der Waals surface area contributed by atoms with Gasteiger partial charge in [0.15, 0.2) is 5.96 Å². The van der Waals surface area contributed by atoms with Crippen molar-refractivity contribution in [2.24, 2.45) is 18.0 Å². The van der Waals surface area contributed by atoms with Crippen molar-refractivity contribution in [1.29, 1.82) is 0 Å². The van der Waals surface area contributed by atoms with E-state index in [0.29, 0.717) is 12.5 Å². The molecular weight excluding hydrogens is 278 g/mol. The average molecular weight is 307 g/mol.